The van der Waals surface area contributed by atoms with Gasteiger partial charge in [-0.3, -0.25) is 4.90 Å². The molecule has 8 heteroatoms. The van der Waals surface area contributed by atoms with Crippen LogP contribution in [0.5, 0.6) is 5.75 Å². The maximum absolute atomic E-state index is 9.73. The summed E-state index contributed by atoms with van der Waals surface area (Å²) in [6.07, 6.45) is 3.31. The molecule has 0 bridgehead atoms. The van der Waals surface area contributed by atoms with Gasteiger partial charge in [-0.05, 0) is 73.0 Å². The van der Waals surface area contributed by atoms with E-state index >= 15 is 0 Å². The van der Waals surface area contributed by atoms with Crippen molar-refractivity contribution in [1.82, 2.24) is 14.9 Å². The molecule has 180 valence electrons. The molecule has 1 aliphatic rings. The number of likely N-dealkylation sites (tertiary alicyclic amines) is 1. The highest BCUT2D eigenvalue weighted by Crippen LogP contribution is 2.28. The molecule has 4 N–H and O–H groups in total. The summed E-state index contributed by atoms with van der Waals surface area (Å²) in [7, 11) is 0. The molecule has 0 aliphatic carbocycles. The first-order valence-electron chi connectivity index (χ1n) is 11.8. The zero-order valence-corrected chi connectivity index (χ0v) is 20.2. The van der Waals surface area contributed by atoms with Crippen LogP contribution in [-0.2, 0) is 13.1 Å². The van der Waals surface area contributed by atoms with E-state index in [-0.39, 0.29) is 11.9 Å². The first-order valence-corrected chi connectivity index (χ1v) is 12.6. The Morgan fingerprint density at radius 1 is 0.971 bits per heavy atom. The summed E-state index contributed by atoms with van der Waals surface area (Å²) in [6, 6.07) is 21.5. The first kappa shape index (κ1) is 23.3. The Hall–Kier alpha value is -3.46. The Kier molecular flexibility index (Phi) is 7.23. The fourth-order valence-electron chi connectivity index (χ4n) is 4.15. The predicted octanol–water partition coefficient (Wildman–Crippen LogP) is 5.22. The number of phenolic OH excluding ortho intramolecular Hbond substituents is 1. The highest BCUT2D eigenvalue weighted by Gasteiger charge is 2.17. The number of thiophene rings is 1. The number of nitrogens with one attached hydrogen (secondary N) is 2. The smallest absolute Gasteiger partial charge is 0.227 e. The third kappa shape index (κ3) is 6.36. The van der Waals surface area contributed by atoms with E-state index in [2.05, 4.69) is 44.8 Å². The van der Waals surface area contributed by atoms with Crippen molar-refractivity contribution in [2.24, 2.45) is 0 Å². The average molecular weight is 488 g/mol. The standard InChI is InChI=1S/C27H29N5O2S/c33-22-6-4-20(5-7-22)29-17-24-8-9-26(35-24)25-10-13-28-27(31-25)30-21-3-1-2-19(16-21)18-32-14-11-23(34)12-15-32/h1-10,13,16,23,29,33-34H,11-12,14-15,17-18H2,(H,28,30,31). The summed E-state index contributed by atoms with van der Waals surface area (Å²) in [4.78, 5) is 13.8. The van der Waals surface area contributed by atoms with E-state index in [4.69, 9.17) is 4.98 Å². The van der Waals surface area contributed by atoms with Crippen molar-refractivity contribution >= 4 is 28.7 Å². The lowest BCUT2D eigenvalue weighted by molar-refractivity contribution is 0.0792. The van der Waals surface area contributed by atoms with E-state index in [1.54, 1.807) is 29.7 Å². The van der Waals surface area contributed by atoms with Gasteiger partial charge in [-0.2, -0.15) is 0 Å². The molecule has 5 rings (SSSR count). The Morgan fingerprint density at radius 3 is 2.63 bits per heavy atom. The normalized spacial score (nSPS) is 14.7. The molecular formula is C27H29N5O2S. The van der Waals surface area contributed by atoms with Crippen molar-refractivity contribution in [2.45, 2.75) is 32.0 Å². The number of aliphatic hydroxyl groups is 1. The fraction of sp³-hybridized carbons (Fsp3) is 0.259. The van der Waals surface area contributed by atoms with Gasteiger partial charge in [-0.25, -0.2) is 9.97 Å². The highest BCUT2D eigenvalue weighted by molar-refractivity contribution is 7.15. The molecule has 0 unspecified atom stereocenters. The lowest BCUT2D eigenvalue weighted by atomic mass is 10.1. The average Bonchev–Trinajstić information content (AvgIpc) is 3.35. The molecule has 2 aromatic heterocycles. The van der Waals surface area contributed by atoms with Crippen LogP contribution in [0, 0.1) is 0 Å². The number of nitrogens with zero attached hydrogens (tertiary/aromatic N) is 3. The van der Waals surface area contributed by atoms with Crippen LogP contribution in [-0.4, -0.2) is 44.3 Å². The number of aromatic hydroxyl groups is 1. The van der Waals surface area contributed by atoms with Crippen LogP contribution in [0.4, 0.5) is 17.3 Å². The number of aromatic nitrogens is 2. The van der Waals surface area contributed by atoms with Crippen molar-refractivity contribution in [2.75, 3.05) is 23.7 Å². The molecule has 0 atom stereocenters. The molecule has 0 radical (unpaired) electrons. The largest absolute Gasteiger partial charge is 0.508 e. The lowest BCUT2D eigenvalue weighted by Crippen LogP contribution is -2.35. The van der Waals surface area contributed by atoms with Gasteiger partial charge in [0.25, 0.3) is 0 Å². The number of hydrogen-bond donors (Lipinski definition) is 4. The molecule has 1 fully saturated rings. The quantitative estimate of drug-likeness (QED) is 0.253. The van der Waals surface area contributed by atoms with E-state index in [1.165, 1.54) is 10.4 Å². The summed E-state index contributed by atoms with van der Waals surface area (Å²) in [6.45, 7) is 3.43. The van der Waals surface area contributed by atoms with Gasteiger partial charge in [-0.1, -0.05) is 12.1 Å². The molecule has 1 aliphatic heterocycles. The van der Waals surface area contributed by atoms with E-state index in [9.17, 15) is 10.2 Å². The van der Waals surface area contributed by atoms with Crippen LogP contribution in [0.25, 0.3) is 10.6 Å². The number of aliphatic hydroxyl groups excluding tert-OH is 1. The number of anilines is 3. The summed E-state index contributed by atoms with van der Waals surface area (Å²) in [5.41, 5.74) is 4.03. The van der Waals surface area contributed by atoms with Crippen LogP contribution in [0.1, 0.15) is 23.3 Å². The van der Waals surface area contributed by atoms with Crippen molar-refractivity contribution in [1.29, 1.82) is 0 Å². The Morgan fingerprint density at radius 2 is 1.80 bits per heavy atom. The fourth-order valence-corrected chi connectivity index (χ4v) is 5.06. The molecule has 3 heterocycles. The summed E-state index contributed by atoms with van der Waals surface area (Å²) < 4.78 is 0. The van der Waals surface area contributed by atoms with Crippen LogP contribution < -0.4 is 10.6 Å². The molecule has 1 saturated heterocycles. The number of hydrogen-bond acceptors (Lipinski definition) is 8. The molecule has 7 nitrogen and oxygen atoms in total. The summed E-state index contributed by atoms with van der Waals surface area (Å²) in [5, 5.41) is 25.9. The van der Waals surface area contributed by atoms with Crippen molar-refractivity contribution in [3.8, 4) is 16.3 Å². The minimum atomic E-state index is -0.154. The zero-order chi connectivity index (χ0) is 24.0. The van der Waals surface area contributed by atoms with Gasteiger partial charge in [0.1, 0.15) is 5.75 Å². The second kappa shape index (κ2) is 10.9. The SMILES string of the molecule is Oc1ccc(NCc2ccc(-c3ccnc(Nc4cccc(CN5CCC(O)CC5)c4)n3)s2)cc1. The van der Waals surface area contributed by atoms with Gasteiger partial charge in [-0.15, -0.1) is 11.3 Å². The molecule has 2 aromatic carbocycles. The van der Waals surface area contributed by atoms with Gasteiger partial charge < -0.3 is 20.8 Å². The zero-order valence-electron chi connectivity index (χ0n) is 19.4. The second-order valence-electron chi connectivity index (χ2n) is 8.76. The third-order valence-corrected chi connectivity index (χ3v) is 7.16. The molecule has 0 amide bonds. The minimum absolute atomic E-state index is 0.154. The van der Waals surface area contributed by atoms with E-state index in [0.717, 1.165) is 54.4 Å². The number of phenols is 1. The maximum Gasteiger partial charge on any atom is 0.227 e. The van der Waals surface area contributed by atoms with Crippen LogP contribution >= 0.6 is 11.3 Å². The minimum Gasteiger partial charge on any atom is -0.508 e. The third-order valence-electron chi connectivity index (χ3n) is 6.05. The second-order valence-corrected chi connectivity index (χ2v) is 9.93. The van der Waals surface area contributed by atoms with Crippen molar-refractivity contribution < 1.29 is 10.2 Å². The Labute approximate surface area is 209 Å². The molecule has 35 heavy (non-hydrogen) atoms. The molecule has 4 aromatic rings. The van der Waals surface area contributed by atoms with Crippen LogP contribution in [0.3, 0.4) is 0 Å². The molecule has 0 spiro atoms. The van der Waals surface area contributed by atoms with Gasteiger partial charge in [0.15, 0.2) is 0 Å². The first-order chi connectivity index (χ1) is 17.1. The molecule has 0 saturated carbocycles. The Bertz CT molecular complexity index is 1250. The van der Waals surface area contributed by atoms with E-state index in [0.29, 0.717) is 12.5 Å². The number of piperidine rings is 1. The number of rotatable bonds is 8. The summed E-state index contributed by atoms with van der Waals surface area (Å²) >= 11 is 1.69. The van der Waals surface area contributed by atoms with Crippen LogP contribution in [0.15, 0.2) is 72.9 Å². The lowest BCUT2D eigenvalue weighted by Gasteiger charge is -2.29. The van der Waals surface area contributed by atoms with E-state index in [1.807, 2.05) is 30.3 Å². The van der Waals surface area contributed by atoms with Gasteiger partial charge in [0.05, 0.1) is 16.7 Å². The predicted molar refractivity (Wildman–Crippen MR) is 141 cm³/mol. The monoisotopic (exact) mass is 487 g/mol. The van der Waals surface area contributed by atoms with E-state index < -0.39 is 0 Å². The highest BCUT2D eigenvalue weighted by atomic mass is 32.1. The molecular weight excluding hydrogens is 458 g/mol. The van der Waals surface area contributed by atoms with Crippen molar-refractivity contribution in [3.05, 3.63) is 83.4 Å². The topological polar surface area (TPSA) is 93.5 Å². The van der Waals surface area contributed by atoms with Gasteiger partial charge >= 0.3 is 0 Å². The van der Waals surface area contributed by atoms with Crippen LogP contribution in [0.2, 0.25) is 0 Å². The van der Waals surface area contributed by atoms with Gasteiger partial charge in [0.2, 0.25) is 5.95 Å². The van der Waals surface area contributed by atoms with Gasteiger partial charge in [0, 0.05) is 48.6 Å². The summed E-state index contributed by atoms with van der Waals surface area (Å²) in [5.74, 6) is 0.828. The Balaban J connectivity index is 1.21. The van der Waals surface area contributed by atoms with Crippen molar-refractivity contribution in [3.63, 3.8) is 0 Å². The maximum atomic E-state index is 9.73. The number of benzene rings is 2.